The molecule has 1 aromatic carbocycles. The van der Waals surface area contributed by atoms with E-state index < -0.39 is 0 Å². The minimum Gasteiger partial charge on any atom is -0.392 e. The van der Waals surface area contributed by atoms with Crippen molar-refractivity contribution < 1.29 is 9.50 Å². The molecule has 0 heterocycles. The van der Waals surface area contributed by atoms with Crippen LogP contribution in [0.2, 0.25) is 0 Å². The first kappa shape index (κ1) is 9.66. The molecule has 0 aromatic heterocycles. The molecule has 2 rings (SSSR count). The molecule has 0 radical (unpaired) electrons. The zero-order chi connectivity index (χ0) is 9.97. The monoisotopic (exact) mass is 194 g/mol. The lowest BCUT2D eigenvalue weighted by Gasteiger charge is -2.30. The van der Waals surface area contributed by atoms with Crippen molar-refractivity contribution in [3.05, 3.63) is 35.6 Å². The first-order valence-corrected chi connectivity index (χ1v) is 5.18. The van der Waals surface area contributed by atoms with E-state index in [1.807, 2.05) is 6.07 Å². The zero-order valence-electron chi connectivity index (χ0n) is 8.12. The predicted molar refractivity (Wildman–Crippen MR) is 53.5 cm³/mol. The summed E-state index contributed by atoms with van der Waals surface area (Å²) in [6.45, 7) is 0. The van der Waals surface area contributed by atoms with Crippen LogP contribution in [0.25, 0.3) is 0 Å². The maximum absolute atomic E-state index is 12.8. The second kappa shape index (κ2) is 4.09. The molecule has 76 valence electrons. The fraction of sp³-hybridized carbons (Fsp3) is 0.500. The van der Waals surface area contributed by atoms with Gasteiger partial charge in [-0.1, -0.05) is 18.6 Å². The molecule has 1 atom stereocenters. The summed E-state index contributed by atoms with van der Waals surface area (Å²) in [4.78, 5) is 0. The van der Waals surface area contributed by atoms with Crippen LogP contribution in [0.4, 0.5) is 4.39 Å². The summed E-state index contributed by atoms with van der Waals surface area (Å²) in [5.74, 6) is 0.224. The van der Waals surface area contributed by atoms with E-state index in [0.29, 0.717) is 12.3 Å². The van der Waals surface area contributed by atoms with Crippen LogP contribution in [0.15, 0.2) is 24.3 Å². The van der Waals surface area contributed by atoms with E-state index in [1.165, 1.54) is 18.6 Å². The lowest BCUT2D eigenvalue weighted by atomic mass is 9.79. The molecule has 1 aromatic rings. The van der Waals surface area contributed by atoms with Crippen molar-refractivity contribution in [2.24, 2.45) is 5.92 Å². The largest absolute Gasteiger partial charge is 0.392 e. The van der Waals surface area contributed by atoms with Crippen molar-refractivity contribution in [3.8, 4) is 0 Å². The van der Waals surface area contributed by atoms with Crippen LogP contribution >= 0.6 is 0 Å². The van der Waals surface area contributed by atoms with E-state index in [1.54, 1.807) is 6.07 Å². The van der Waals surface area contributed by atoms with Crippen molar-refractivity contribution >= 4 is 0 Å². The molecule has 1 aliphatic carbocycles. The predicted octanol–water partition coefficient (Wildman–Crippen LogP) is 2.53. The number of benzene rings is 1. The minimum absolute atomic E-state index is 0.219. The Morgan fingerprint density at radius 1 is 1.43 bits per heavy atom. The van der Waals surface area contributed by atoms with Gasteiger partial charge in [0.05, 0.1) is 6.10 Å². The van der Waals surface area contributed by atoms with Gasteiger partial charge in [-0.25, -0.2) is 4.39 Å². The van der Waals surface area contributed by atoms with Gasteiger partial charge in [0.1, 0.15) is 5.82 Å². The second-order valence-electron chi connectivity index (χ2n) is 4.09. The van der Waals surface area contributed by atoms with Gasteiger partial charge in [-0.2, -0.15) is 0 Å². The van der Waals surface area contributed by atoms with Gasteiger partial charge in [0.25, 0.3) is 0 Å². The summed E-state index contributed by atoms with van der Waals surface area (Å²) in [5.41, 5.74) is 0.893. The molecule has 1 saturated carbocycles. The van der Waals surface area contributed by atoms with Gasteiger partial charge in [0.15, 0.2) is 0 Å². The summed E-state index contributed by atoms with van der Waals surface area (Å²) >= 11 is 0. The average molecular weight is 194 g/mol. The van der Waals surface area contributed by atoms with E-state index in [0.717, 1.165) is 18.4 Å². The van der Waals surface area contributed by atoms with E-state index in [4.69, 9.17) is 0 Å². The summed E-state index contributed by atoms with van der Waals surface area (Å²) in [5, 5.41) is 9.79. The molecule has 0 bridgehead atoms. The van der Waals surface area contributed by atoms with Gasteiger partial charge in [-0.15, -0.1) is 0 Å². The van der Waals surface area contributed by atoms with Crippen molar-refractivity contribution in [2.75, 3.05) is 0 Å². The third kappa shape index (κ3) is 2.13. The van der Waals surface area contributed by atoms with Crippen molar-refractivity contribution in [1.29, 1.82) is 0 Å². The third-order valence-electron chi connectivity index (χ3n) is 3.03. The van der Waals surface area contributed by atoms with Crippen molar-refractivity contribution in [2.45, 2.75) is 31.8 Å². The highest BCUT2D eigenvalue weighted by Crippen LogP contribution is 2.30. The highest BCUT2D eigenvalue weighted by Gasteiger charge is 2.25. The van der Waals surface area contributed by atoms with Crippen LogP contribution < -0.4 is 0 Å². The Hall–Kier alpha value is -0.890. The number of rotatable bonds is 3. The molecule has 0 spiro atoms. The topological polar surface area (TPSA) is 20.2 Å². The Labute approximate surface area is 83.6 Å². The Kier molecular flexibility index (Phi) is 2.82. The number of aliphatic hydroxyl groups is 1. The highest BCUT2D eigenvalue weighted by atomic mass is 19.1. The molecule has 0 aliphatic heterocycles. The first-order chi connectivity index (χ1) is 6.75. The molecule has 1 N–H and O–H groups in total. The van der Waals surface area contributed by atoms with Gasteiger partial charge in [-0.3, -0.25) is 0 Å². The summed E-state index contributed by atoms with van der Waals surface area (Å²) in [6.07, 6.45) is 3.77. The fourth-order valence-corrected chi connectivity index (χ4v) is 1.90. The van der Waals surface area contributed by atoms with Gasteiger partial charge < -0.3 is 5.11 Å². The van der Waals surface area contributed by atoms with Crippen LogP contribution in [0, 0.1) is 11.7 Å². The Morgan fingerprint density at radius 2 is 2.21 bits per heavy atom. The minimum atomic E-state index is -0.287. The molecule has 1 fully saturated rings. The zero-order valence-corrected chi connectivity index (χ0v) is 8.12. The van der Waals surface area contributed by atoms with Gasteiger partial charge in [0.2, 0.25) is 0 Å². The lowest BCUT2D eigenvalue weighted by molar-refractivity contribution is 0.0629. The first-order valence-electron chi connectivity index (χ1n) is 5.18. The average Bonchev–Trinajstić information content (AvgIpc) is 1.99. The Bertz CT molecular complexity index is 307. The molecule has 2 heteroatoms. The fourth-order valence-electron chi connectivity index (χ4n) is 1.90. The van der Waals surface area contributed by atoms with E-state index >= 15 is 0 Å². The molecular formula is C12H15FO. The normalized spacial score (nSPS) is 19.0. The molecule has 14 heavy (non-hydrogen) atoms. The number of hydrogen-bond acceptors (Lipinski definition) is 1. The quantitative estimate of drug-likeness (QED) is 0.784. The second-order valence-corrected chi connectivity index (χ2v) is 4.09. The van der Waals surface area contributed by atoms with Gasteiger partial charge in [0, 0.05) is 0 Å². The molecule has 1 unspecified atom stereocenters. The number of aliphatic hydroxyl groups excluding tert-OH is 1. The van der Waals surface area contributed by atoms with Crippen LogP contribution in [0.1, 0.15) is 24.8 Å². The SMILES string of the molecule is OC(Cc1cccc(F)c1)C1CCC1. The van der Waals surface area contributed by atoms with Crippen LogP contribution in [0.3, 0.4) is 0 Å². The van der Waals surface area contributed by atoms with Crippen LogP contribution in [-0.2, 0) is 6.42 Å². The molecular weight excluding hydrogens is 179 g/mol. The number of hydrogen-bond donors (Lipinski definition) is 1. The van der Waals surface area contributed by atoms with E-state index in [2.05, 4.69) is 0 Å². The number of halogens is 1. The van der Waals surface area contributed by atoms with Gasteiger partial charge in [-0.05, 0) is 42.9 Å². The maximum Gasteiger partial charge on any atom is 0.123 e. The van der Waals surface area contributed by atoms with Crippen LogP contribution in [0.5, 0.6) is 0 Å². The van der Waals surface area contributed by atoms with Crippen molar-refractivity contribution in [3.63, 3.8) is 0 Å². The standard InChI is InChI=1S/C12H15FO/c13-11-6-1-3-9(7-11)8-12(14)10-4-2-5-10/h1,3,6-7,10,12,14H,2,4-5,8H2. The smallest absolute Gasteiger partial charge is 0.123 e. The van der Waals surface area contributed by atoms with E-state index in [-0.39, 0.29) is 11.9 Å². The van der Waals surface area contributed by atoms with Crippen LogP contribution in [-0.4, -0.2) is 11.2 Å². The van der Waals surface area contributed by atoms with E-state index in [9.17, 15) is 9.50 Å². The lowest BCUT2D eigenvalue weighted by Crippen LogP contribution is -2.28. The summed E-state index contributed by atoms with van der Waals surface area (Å²) in [6, 6.07) is 6.49. The molecule has 1 nitrogen and oxygen atoms in total. The summed E-state index contributed by atoms with van der Waals surface area (Å²) in [7, 11) is 0. The highest BCUT2D eigenvalue weighted by molar-refractivity contribution is 5.17. The Balaban J connectivity index is 1.95. The Morgan fingerprint density at radius 3 is 2.79 bits per heavy atom. The molecule has 0 amide bonds. The van der Waals surface area contributed by atoms with Crippen molar-refractivity contribution in [1.82, 2.24) is 0 Å². The molecule has 1 aliphatic rings. The van der Waals surface area contributed by atoms with Gasteiger partial charge >= 0.3 is 0 Å². The molecule has 0 saturated heterocycles. The maximum atomic E-state index is 12.8. The summed E-state index contributed by atoms with van der Waals surface area (Å²) < 4.78 is 12.8. The third-order valence-corrected chi connectivity index (χ3v) is 3.03.